The fourth-order valence-corrected chi connectivity index (χ4v) is 2.13. The first kappa shape index (κ1) is 16.9. The molecule has 2 rings (SSSR count). The molecule has 7 nitrogen and oxygen atoms in total. The number of rotatable bonds is 5. The van der Waals surface area contributed by atoms with E-state index in [2.05, 4.69) is 5.32 Å². The van der Waals surface area contributed by atoms with Gasteiger partial charge < -0.3 is 10.2 Å². The summed E-state index contributed by atoms with van der Waals surface area (Å²) in [7, 11) is 1.58. The highest BCUT2D eigenvalue weighted by molar-refractivity contribution is 5.94. The summed E-state index contributed by atoms with van der Waals surface area (Å²) in [5.74, 6) is -0.881. The molecule has 0 aromatic heterocycles. The summed E-state index contributed by atoms with van der Waals surface area (Å²) < 4.78 is 13.1. The van der Waals surface area contributed by atoms with Gasteiger partial charge in [0.25, 0.3) is 5.69 Å². The normalized spacial score (nSPS) is 9.88. The second kappa shape index (κ2) is 7.19. The van der Waals surface area contributed by atoms with Crippen LogP contribution in [0.1, 0.15) is 5.56 Å². The number of nitro groups is 1. The van der Waals surface area contributed by atoms with E-state index in [9.17, 15) is 19.3 Å². The van der Waals surface area contributed by atoms with Crippen LogP contribution in [0.25, 0.3) is 0 Å². The summed E-state index contributed by atoms with van der Waals surface area (Å²) in [5.41, 5.74) is 0.591. The number of nitriles is 1. The fraction of sp³-hybridized carbons (Fsp3) is 0.125. The number of hydrogen-bond acceptors (Lipinski definition) is 5. The Kier molecular flexibility index (Phi) is 5.06. The number of benzene rings is 2. The van der Waals surface area contributed by atoms with E-state index in [0.29, 0.717) is 11.4 Å². The molecule has 0 saturated carbocycles. The number of anilines is 2. The summed E-state index contributed by atoms with van der Waals surface area (Å²) in [6.07, 6.45) is 0. The lowest BCUT2D eigenvalue weighted by Crippen LogP contribution is -2.30. The Morgan fingerprint density at radius 3 is 2.75 bits per heavy atom. The Hall–Kier alpha value is -3.47. The van der Waals surface area contributed by atoms with Crippen molar-refractivity contribution >= 4 is 23.0 Å². The number of non-ortho nitro benzene ring substituents is 1. The summed E-state index contributed by atoms with van der Waals surface area (Å²) in [5, 5.41) is 22.4. The van der Waals surface area contributed by atoms with Gasteiger partial charge in [-0.15, -0.1) is 0 Å². The molecule has 24 heavy (non-hydrogen) atoms. The monoisotopic (exact) mass is 328 g/mol. The molecular formula is C16H13FN4O3. The molecular weight excluding hydrogens is 315 g/mol. The third kappa shape index (κ3) is 4.04. The van der Waals surface area contributed by atoms with Crippen molar-refractivity contribution in [2.45, 2.75) is 0 Å². The van der Waals surface area contributed by atoms with Crippen LogP contribution in [0.2, 0.25) is 0 Å². The molecule has 0 aliphatic heterocycles. The molecule has 0 aliphatic rings. The second-order valence-electron chi connectivity index (χ2n) is 4.98. The van der Waals surface area contributed by atoms with E-state index in [1.165, 1.54) is 35.2 Å². The molecule has 0 unspecified atom stereocenters. The average Bonchev–Trinajstić information content (AvgIpc) is 2.53. The number of carbonyl (C=O) groups excluding carboxylic acids is 1. The van der Waals surface area contributed by atoms with E-state index in [-0.39, 0.29) is 17.8 Å². The number of nitrogens with one attached hydrogen (secondary N) is 1. The number of amides is 1. The number of nitro benzene ring substituents is 1. The van der Waals surface area contributed by atoms with Crippen molar-refractivity contribution in [2.75, 3.05) is 23.8 Å². The fourth-order valence-electron chi connectivity index (χ4n) is 2.13. The first-order valence-corrected chi connectivity index (χ1v) is 6.86. The highest BCUT2D eigenvalue weighted by atomic mass is 19.1. The summed E-state index contributed by atoms with van der Waals surface area (Å²) in [6.45, 7) is -0.108. The minimum atomic E-state index is -0.596. The van der Waals surface area contributed by atoms with Crippen LogP contribution in [0.15, 0.2) is 42.5 Å². The Balaban J connectivity index is 2.12. The Bertz CT molecular complexity index is 832. The summed E-state index contributed by atoms with van der Waals surface area (Å²) >= 11 is 0. The molecule has 8 heteroatoms. The van der Waals surface area contributed by atoms with Gasteiger partial charge in [-0.2, -0.15) is 5.26 Å². The molecule has 1 amide bonds. The van der Waals surface area contributed by atoms with Crippen molar-refractivity contribution < 1.29 is 14.1 Å². The predicted molar refractivity (Wildman–Crippen MR) is 86.1 cm³/mol. The zero-order valence-electron chi connectivity index (χ0n) is 12.7. The lowest BCUT2D eigenvalue weighted by molar-refractivity contribution is -0.384. The lowest BCUT2D eigenvalue weighted by atomic mass is 10.1. The van der Waals surface area contributed by atoms with Crippen LogP contribution in [0.3, 0.4) is 0 Å². The van der Waals surface area contributed by atoms with Crippen LogP contribution in [0.4, 0.5) is 21.5 Å². The number of halogens is 1. The number of nitrogens with zero attached hydrogens (tertiary/aromatic N) is 3. The maximum absolute atomic E-state index is 13.1. The number of carbonyl (C=O) groups is 1. The molecule has 0 aliphatic carbocycles. The minimum absolute atomic E-state index is 0.0882. The van der Waals surface area contributed by atoms with Gasteiger partial charge in [0.05, 0.1) is 22.7 Å². The molecule has 0 spiro atoms. The van der Waals surface area contributed by atoms with Crippen LogP contribution in [-0.2, 0) is 4.79 Å². The van der Waals surface area contributed by atoms with Crippen LogP contribution in [0, 0.1) is 27.3 Å². The number of likely N-dealkylation sites (N-methyl/N-ethyl adjacent to an activating group) is 1. The molecule has 0 saturated heterocycles. The zero-order chi connectivity index (χ0) is 17.7. The van der Waals surface area contributed by atoms with Crippen LogP contribution in [-0.4, -0.2) is 24.4 Å². The van der Waals surface area contributed by atoms with Crippen molar-refractivity contribution in [3.8, 4) is 6.07 Å². The molecule has 122 valence electrons. The van der Waals surface area contributed by atoms with Crippen molar-refractivity contribution in [3.63, 3.8) is 0 Å². The maximum Gasteiger partial charge on any atom is 0.270 e. The van der Waals surface area contributed by atoms with Gasteiger partial charge in [-0.05, 0) is 24.3 Å². The molecule has 2 aromatic carbocycles. The maximum atomic E-state index is 13.1. The highest BCUT2D eigenvalue weighted by Crippen LogP contribution is 2.24. The van der Waals surface area contributed by atoms with E-state index in [1.54, 1.807) is 13.1 Å². The van der Waals surface area contributed by atoms with E-state index in [0.717, 1.165) is 6.07 Å². The van der Waals surface area contributed by atoms with E-state index >= 15 is 0 Å². The van der Waals surface area contributed by atoms with Gasteiger partial charge in [-0.3, -0.25) is 14.9 Å². The van der Waals surface area contributed by atoms with Crippen molar-refractivity contribution in [2.24, 2.45) is 0 Å². The third-order valence-electron chi connectivity index (χ3n) is 3.21. The van der Waals surface area contributed by atoms with E-state index < -0.39 is 16.6 Å². The topological polar surface area (TPSA) is 99.3 Å². The van der Waals surface area contributed by atoms with Crippen molar-refractivity contribution in [3.05, 3.63) is 64.0 Å². The second-order valence-corrected chi connectivity index (χ2v) is 4.98. The lowest BCUT2D eigenvalue weighted by Gasteiger charge is -2.19. The van der Waals surface area contributed by atoms with Gasteiger partial charge >= 0.3 is 0 Å². The van der Waals surface area contributed by atoms with Gasteiger partial charge in [-0.1, -0.05) is 6.07 Å². The Labute approximate surface area is 137 Å². The molecule has 2 aromatic rings. The summed E-state index contributed by atoms with van der Waals surface area (Å²) in [6, 6.07) is 11.2. The first-order valence-electron chi connectivity index (χ1n) is 6.86. The number of hydrogen-bond donors (Lipinski definition) is 1. The highest BCUT2D eigenvalue weighted by Gasteiger charge is 2.15. The third-order valence-corrected chi connectivity index (χ3v) is 3.21. The largest absolute Gasteiger partial charge is 0.364 e. The Morgan fingerprint density at radius 1 is 1.38 bits per heavy atom. The van der Waals surface area contributed by atoms with Crippen LogP contribution in [0.5, 0.6) is 0 Å². The van der Waals surface area contributed by atoms with Crippen LogP contribution >= 0.6 is 0 Å². The van der Waals surface area contributed by atoms with E-state index in [4.69, 9.17) is 5.26 Å². The van der Waals surface area contributed by atoms with E-state index in [1.807, 2.05) is 6.07 Å². The van der Waals surface area contributed by atoms with Gasteiger partial charge in [0.15, 0.2) is 0 Å². The first-order chi connectivity index (χ1) is 11.4. The van der Waals surface area contributed by atoms with Crippen molar-refractivity contribution in [1.29, 1.82) is 5.26 Å². The van der Waals surface area contributed by atoms with Gasteiger partial charge in [-0.25, -0.2) is 4.39 Å². The van der Waals surface area contributed by atoms with Gasteiger partial charge in [0.2, 0.25) is 5.91 Å². The molecule has 0 bridgehead atoms. The molecule has 1 N–H and O–H groups in total. The van der Waals surface area contributed by atoms with Crippen molar-refractivity contribution in [1.82, 2.24) is 0 Å². The quantitative estimate of drug-likeness (QED) is 0.672. The Morgan fingerprint density at radius 2 is 2.12 bits per heavy atom. The predicted octanol–water partition coefficient (Wildman–Crippen LogP) is 2.68. The molecule has 0 heterocycles. The molecule has 0 fully saturated rings. The van der Waals surface area contributed by atoms with Gasteiger partial charge in [0.1, 0.15) is 11.9 Å². The van der Waals surface area contributed by atoms with Crippen LogP contribution < -0.4 is 10.2 Å². The molecule has 0 radical (unpaired) electrons. The molecule has 0 atom stereocenters. The smallest absolute Gasteiger partial charge is 0.270 e. The standard InChI is InChI=1S/C16H13FN4O3/c1-20(10-16(22)19-13-4-2-3-12(17)8-13)15-6-5-14(21(23)24)7-11(15)9-18/h2-8H,10H2,1H3,(H,19,22). The minimum Gasteiger partial charge on any atom is -0.364 e. The SMILES string of the molecule is CN(CC(=O)Nc1cccc(F)c1)c1ccc([N+](=O)[O-])cc1C#N. The zero-order valence-corrected chi connectivity index (χ0v) is 12.7. The van der Waals surface area contributed by atoms with Gasteiger partial charge in [0, 0.05) is 24.9 Å². The average molecular weight is 328 g/mol. The summed E-state index contributed by atoms with van der Waals surface area (Å²) in [4.78, 5) is 23.6.